The van der Waals surface area contributed by atoms with E-state index in [1.165, 1.54) is 50.0 Å². The number of carbonyl (C=O) groups is 1. The maximum absolute atomic E-state index is 13.0. The van der Waals surface area contributed by atoms with Crippen molar-refractivity contribution in [2.45, 2.75) is 83.9 Å². The van der Waals surface area contributed by atoms with Crippen LogP contribution in [0.15, 0.2) is 64.3 Å². The van der Waals surface area contributed by atoms with Gasteiger partial charge in [-0.2, -0.15) is 0 Å². The number of unbranched alkanes of at least 4 members (excludes halogenated alkanes) is 9. The molecule has 0 radical (unpaired) electrons. The molecule has 1 aromatic heterocycles. The number of hydrogen-bond donors (Lipinski definition) is 0. The number of fused-ring (bicyclic) bond motifs is 1. The van der Waals surface area contributed by atoms with Gasteiger partial charge in [0.25, 0.3) is 0 Å². The highest BCUT2D eigenvalue weighted by Crippen LogP contribution is 2.35. The van der Waals surface area contributed by atoms with Crippen LogP contribution in [-0.2, 0) is 16.0 Å². The Labute approximate surface area is 244 Å². The lowest BCUT2D eigenvalue weighted by Crippen LogP contribution is -2.18. The van der Waals surface area contributed by atoms with Crippen molar-refractivity contribution >= 4 is 16.9 Å². The lowest BCUT2D eigenvalue weighted by atomic mass is 10.0. The van der Waals surface area contributed by atoms with Crippen molar-refractivity contribution in [3.8, 4) is 22.6 Å². The molecule has 0 spiro atoms. The summed E-state index contributed by atoms with van der Waals surface area (Å²) in [5, 5.41) is 0.561. The largest absolute Gasteiger partial charge is 0.573 e. The van der Waals surface area contributed by atoms with Crippen LogP contribution < -0.4 is 15.1 Å². The Morgan fingerprint density at radius 2 is 1.50 bits per heavy atom. The fourth-order valence-electron chi connectivity index (χ4n) is 4.63. The number of rotatable bonds is 18. The highest BCUT2D eigenvalue weighted by molar-refractivity contribution is 5.84. The van der Waals surface area contributed by atoms with Gasteiger partial charge in [0.2, 0.25) is 0 Å². The Kier molecular flexibility index (Phi) is 13.0. The molecule has 0 saturated heterocycles. The van der Waals surface area contributed by atoms with Crippen LogP contribution in [0, 0.1) is 0 Å². The van der Waals surface area contributed by atoms with Gasteiger partial charge < -0.3 is 18.6 Å². The van der Waals surface area contributed by atoms with Gasteiger partial charge in [0.05, 0.1) is 18.8 Å². The first-order valence-electron chi connectivity index (χ1n) is 14.6. The number of benzene rings is 2. The molecule has 6 nitrogen and oxygen atoms in total. The summed E-state index contributed by atoms with van der Waals surface area (Å²) in [6.07, 6.45) is 7.76. The third-order valence-electron chi connectivity index (χ3n) is 6.90. The first kappa shape index (κ1) is 32.8. The van der Waals surface area contributed by atoms with Crippen LogP contribution in [0.3, 0.4) is 0 Å². The Morgan fingerprint density at radius 1 is 0.857 bits per heavy atom. The van der Waals surface area contributed by atoms with Gasteiger partial charge >= 0.3 is 18.0 Å². The number of aryl methyl sites for hydroxylation is 1. The van der Waals surface area contributed by atoms with Crippen molar-refractivity contribution in [2.75, 3.05) is 13.2 Å². The van der Waals surface area contributed by atoms with Crippen LogP contribution in [0.2, 0.25) is 0 Å². The van der Waals surface area contributed by atoms with Crippen molar-refractivity contribution in [3.05, 3.63) is 71.1 Å². The monoisotopic (exact) mass is 588 g/mol. The van der Waals surface area contributed by atoms with Gasteiger partial charge in [-0.15, -0.1) is 13.2 Å². The van der Waals surface area contributed by atoms with Crippen LogP contribution in [0.5, 0.6) is 11.5 Å². The van der Waals surface area contributed by atoms with E-state index in [-0.39, 0.29) is 17.1 Å². The van der Waals surface area contributed by atoms with Crippen LogP contribution in [-0.4, -0.2) is 25.5 Å². The molecule has 0 fully saturated rings. The minimum atomic E-state index is -4.89. The zero-order valence-electron chi connectivity index (χ0n) is 24.1. The Morgan fingerprint density at radius 3 is 2.12 bits per heavy atom. The molecule has 0 N–H and O–H groups in total. The highest BCUT2D eigenvalue weighted by atomic mass is 19.4. The first-order valence-corrected chi connectivity index (χ1v) is 14.6. The highest BCUT2D eigenvalue weighted by Gasteiger charge is 2.32. The third-order valence-corrected chi connectivity index (χ3v) is 6.90. The van der Waals surface area contributed by atoms with E-state index in [0.717, 1.165) is 38.5 Å². The summed E-state index contributed by atoms with van der Waals surface area (Å²) in [5.41, 5.74) is 0.195. The minimum absolute atomic E-state index is 0.00962. The second-order valence-corrected chi connectivity index (χ2v) is 10.1. The van der Waals surface area contributed by atoms with Crippen molar-refractivity contribution in [2.24, 2.45) is 0 Å². The fourth-order valence-corrected chi connectivity index (χ4v) is 4.63. The Hall–Kier alpha value is -3.75. The quantitative estimate of drug-likeness (QED) is 0.0639. The smallest absolute Gasteiger partial charge is 0.493 e. The lowest BCUT2D eigenvalue weighted by molar-refractivity contribution is -0.274. The average Bonchev–Trinajstić information content (AvgIpc) is 2.96. The molecule has 0 unspecified atom stereocenters. The van der Waals surface area contributed by atoms with Crippen LogP contribution >= 0.6 is 0 Å². The number of halogens is 3. The zero-order chi connectivity index (χ0) is 30.4. The molecule has 0 saturated carbocycles. The van der Waals surface area contributed by atoms with Gasteiger partial charge in [-0.25, -0.2) is 9.59 Å². The SMILES string of the molecule is C=CC(=O)OCCCCCCCCCCCCOc1ccc2cc(-c3ccc(CC)cc3OC(F)(F)F)c(=O)oc2c1. The van der Waals surface area contributed by atoms with Crippen molar-refractivity contribution < 1.29 is 36.6 Å². The van der Waals surface area contributed by atoms with Gasteiger partial charge in [0.15, 0.2) is 0 Å². The molecule has 0 atom stereocenters. The predicted octanol–water partition coefficient (Wildman–Crippen LogP) is 8.93. The van der Waals surface area contributed by atoms with Crippen molar-refractivity contribution in [1.82, 2.24) is 0 Å². The zero-order valence-corrected chi connectivity index (χ0v) is 24.1. The first-order chi connectivity index (χ1) is 20.2. The van der Waals surface area contributed by atoms with Gasteiger partial charge in [0, 0.05) is 23.1 Å². The Bertz CT molecular complexity index is 1360. The Balaban J connectivity index is 1.42. The van der Waals surface area contributed by atoms with Crippen LogP contribution in [0.4, 0.5) is 13.2 Å². The molecule has 1 heterocycles. The molecule has 0 aliphatic rings. The molecular formula is C33H39F3O6. The van der Waals surface area contributed by atoms with E-state index in [1.54, 1.807) is 24.3 Å². The number of ether oxygens (including phenoxy) is 3. The average molecular weight is 589 g/mol. The molecule has 0 bridgehead atoms. The molecule has 0 aliphatic heterocycles. The fraction of sp³-hybridized carbons (Fsp3) is 0.455. The second-order valence-electron chi connectivity index (χ2n) is 10.1. The van der Waals surface area contributed by atoms with E-state index in [4.69, 9.17) is 13.9 Å². The second kappa shape index (κ2) is 16.6. The summed E-state index contributed by atoms with van der Waals surface area (Å²) in [6, 6.07) is 11.0. The van der Waals surface area contributed by atoms with E-state index < -0.39 is 17.7 Å². The van der Waals surface area contributed by atoms with E-state index in [2.05, 4.69) is 11.3 Å². The van der Waals surface area contributed by atoms with E-state index in [1.807, 2.05) is 6.92 Å². The molecule has 2 aromatic carbocycles. The summed E-state index contributed by atoms with van der Waals surface area (Å²) >= 11 is 0. The maximum atomic E-state index is 13.0. The van der Waals surface area contributed by atoms with Crippen molar-refractivity contribution in [3.63, 3.8) is 0 Å². The van der Waals surface area contributed by atoms with E-state index in [0.29, 0.717) is 41.9 Å². The molecule has 42 heavy (non-hydrogen) atoms. The number of alkyl halides is 3. The van der Waals surface area contributed by atoms with Gasteiger partial charge in [-0.3, -0.25) is 0 Å². The summed E-state index contributed by atoms with van der Waals surface area (Å²) in [4.78, 5) is 23.7. The summed E-state index contributed by atoms with van der Waals surface area (Å²) < 4.78 is 59.6. The maximum Gasteiger partial charge on any atom is 0.573 e. The molecule has 3 aromatic rings. The third kappa shape index (κ3) is 10.9. The molecule has 0 amide bonds. The van der Waals surface area contributed by atoms with E-state index in [9.17, 15) is 22.8 Å². The molecule has 9 heteroatoms. The lowest BCUT2D eigenvalue weighted by Gasteiger charge is -2.14. The van der Waals surface area contributed by atoms with Crippen molar-refractivity contribution in [1.29, 1.82) is 0 Å². The topological polar surface area (TPSA) is 75.0 Å². The predicted molar refractivity (Wildman–Crippen MR) is 157 cm³/mol. The minimum Gasteiger partial charge on any atom is -0.493 e. The molecular weight excluding hydrogens is 549 g/mol. The summed E-state index contributed by atoms with van der Waals surface area (Å²) in [6.45, 7) is 6.18. The standard InChI is InChI=1S/C33H39F3O6/c1-3-24-15-18-27(30(21-24)42-33(34,35)36)28-22-25-16-17-26(23-29(25)41-32(28)38)39-19-13-11-9-7-5-6-8-10-12-14-20-40-31(37)4-2/h4,15-18,21-23H,2-3,5-14,19-20H2,1H3. The number of hydrogen-bond acceptors (Lipinski definition) is 6. The molecule has 228 valence electrons. The van der Waals surface area contributed by atoms with Crippen LogP contribution in [0.1, 0.15) is 76.7 Å². The number of esters is 1. The van der Waals surface area contributed by atoms with Gasteiger partial charge in [-0.05, 0) is 49.1 Å². The molecule has 3 rings (SSSR count). The normalized spacial score (nSPS) is 11.4. The summed E-state index contributed by atoms with van der Waals surface area (Å²) in [7, 11) is 0. The van der Waals surface area contributed by atoms with Gasteiger partial charge in [0.1, 0.15) is 17.1 Å². The van der Waals surface area contributed by atoms with Gasteiger partial charge in [-0.1, -0.05) is 77.0 Å². The van der Waals surface area contributed by atoms with Crippen LogP contribution in [0.25, 0.3) is 22.1 Å². The van der Waals surface area contributed by atoms with E-state index >= 15 is 0 Å². The summed E-state index contributed by atoms with van der Waals surface area (Å²) in [5.74, 6) is -0.239. The number of carbonyl (C=O) groups excluding carboxylic acids is 1. The molecule has 0 aliphatic carbocycles.